The van der Waals surface area contributed by atoms with Gasteiger partial charge in [0.25, 0.3) is 0 Å². The van der Waals surface area contributed by atoms with Gasteiger partial charge in [-0.05, 0) is 38.1 Å². The molecule has 1 heterocycles. The number of aliphatic carboxylic acids is 1. The Labute approximate surface area is 198 Å². The van der Waals surface area contributed by atoms with E-state index in [1.807, 2.05) is 36.9 Å². The summed E-state index contributed by atoms with van der Waals surface area (Å²) in [7, 11) is 0. The summed E-state index contributed by atoms with van der Waals surface area (Å²) in [4.78, 5) is 22.5. The second-order valence-electron chi connectivity index (χ2n) is 8.03. The maximum absolute atomic E-state index is 10.9. The van der Waals surface area contributed by atoms with Crippen molar-refractivity contribution < 1.29 is 24.2 Å². The topological polar surface area (TPSA) is 130 Å². The second-order valence-corrected chi connectivity index (χ2v) is 8.03. The third-order valence-corrected chi connectivity index (χ3v) is 5.16. The molecule has 2 aromatic rings. The molecule has 178 valence electrons. The monoisotopic (exact) mass is 464 g/mol. The van der Waals surface area contributed by atoms with Gasteiger partial charge in [0, 0.05) is 36.3 Å². The first kappa shape index (κ1) is 24.8. The lowest BCUT2D eigenvalue weighted by atomic mass is 10.1. The Balaban J connectivity index is 1.88. The number of ether oxygens (including phenoxy) is 2. The van der Waals surface area contributed by atoms with Crippen molar-refractivity contribution in [3.05, 3.63) is 65.2 Å². The molecule has 0 amide bonds. The summed E-state index contributed by atoms with van der Waals surface area (Å²) in [6.45, 7) is 9.83. The Morgan fingerprint density at radius 2 is 2.18 bits per heavy atom. The number of para-hydroxylation sites is 1. The summed E-state index contributed by atoms with van der Waals surface area (Å²) in [6.07, 6.45) is -0.0143. The van der Waals surface area contributed by atoms with Gasteiger partial charge in [0.15, 0.2) is 0 Å². The van der Waals surface area contributed by atoms with E-state index in [9.17, 15) is 10.1 Å². The Morgan fingerprint density at radius 3 is 2.85 bits per heavy atom. The number of nitriles is 1. The maximum Gasteiger partial charge on any atom is 0.304 e. The molecule has 1 aliphatic rings. The van der Waals surface area contributed by atoms with E-state index in [0.717, 1.165) is 5.56 Å². The largest absolute Gasteiger partial charge is 0.491 e. The predicted molar refractivity (Wildman–Crippen MR) is 127 cm³/mol. The van der Waals surface area contributed by atoms with Crippen LogP contribution in [-0.4, -0.2) is 47.7 Å². The Morgan fingerprint density at radius 1 is 1.38 bits per heavy atom. The number of hydrogen-bond donors (Lipinski definition) is 2. The molecule has 3 N–H and O–H groups in total. The molecule has 0 fully saturated rings. The highest BCUT2D eigenvalue weighted by Gasteiger charge is 2.20. The SMILES string of the molecule is C=C(/N=C(\ON)c1ccc(OC(C)C)c(C#N)c1)c1cccc2c1OCCN(CCC(=O)O)C2. The number of nitrogens with two attached hydrogens (primary N) is 1. The zero-order valence-corrected chi connectivity index (χ0v) is 19.3. The zero-order chi connectivity index (χ0) is 24.7. The minimum atomic E-state index is -0.834. The number of carbonyl (C=O) groups is 1. The van der Waals surface area contributed by atoms with Gasteiger partial charge in [-0.15, -0.1) is 0 Å². The van der Waals surface area contributed by atoms with Gasteiger partial charge in [0.1, 0.15) is 24.2 Å². The number of fused-ring (bicyclic) bond motifs is 1. The lowest BCUT2D eigenvalue weighted by Gasteiger charge is -2.18. The molecule has 3 rings (SSSR count). The Hall–Kier alpha value is -3.87. The minimum Gasteiger partial charge on any atom is -0.491 e. The van der Waals surface area contributed by atoms with Crippen LogP contribution in [0.1, 0.15) is 42.5 Å². The number of nitrogens with zero attached hydrogens (tertiary/aromatic N) is 3. The average Bonchev–Trinajstić information content (AvgIpc) is 3.03. The van der Waals surface area contributed by atoms with Crippen LogP contribution in [0.4, 0.5) is 0 Å². The van der Waals surface area contributed by atoms with Crippen molar-refractivity contribution in [2.24, 2.45) is 10.9 Å². The Bertz CT molecular complexity index is 1140. The first-order valence-electron chi connectivity index (χ1n) is 10.9. The van der Waals surface area contributed by atoms with Gasteiger partial charge in [0.2, 0.25) is 5.90 Å². The van der Waals surface area contributed by atoms with Crippen molar-refractivity contribution in [1.29, 1.82) is 5.26 Å². The van der Waals surface area contributed by atoms with E-state index in [-0.39, 0.29) is 18.4 Å². The summed E-state index contributed by atoms with van der Waals surface area (Å²) in [5, 5.41) is 18.5. The summed E-state index contributed by atoms with van der Waals surface area (Å²) < 4.78 is 11.7. The van der Waals surface area contributed by atoms with E-state index in [0.29, 0.717) is 60.1 Å². The van der Waals surface area contributed by atoms with E-state index < -0.39 is 5.97 Å². The molecule has 0 bridgehead atoms. The Kier molecular flexibility index (Phi) is 8.24. The molecule has 0 atom stereocenters. The fourth-order valence-electron chi connectivity index (χ4n) is 3.60. The van der Waals surface area contributed by atoms with Crippen molar-refractivity contribution in [3.63, 3.8) is 0 Å². The van der Waals surface area contributed by atoms with Gasteiger partial charge >= 0.3 is 5.97 Å². The fourth-order valence-corrected chi connectivity index (χ4v) is 3.60. The molecule has 0 radical (unpaired) electrons. The molecule has 0 saturated heterocycles. The van der Waals surface area contributed by atoms with Crippen LogP contribution in [0.5, 0.6) is 11.5 Å². The molecule has 0 unspecified atom stereocenters. The van der Waals surface area contributed by atoms with Gasteiger partial charge in [-0.2, -0.15) is 11.2 Å². The lowest BCUT2D eigenvalue weighted by molar-refractivity contribution is -0.137. The minimum absolute atomic E-state index is 0.0644. The van der Waals surface area contributed by atoms with E-state index in [4.69, 9.17) is 25.3 Å². The standard InChI is InChI=1S/C25H28N4O5/c1-16(2)33-22-8-7-18(13-20(22)14-26)25(34-27)28-17(3)21-6-4-5-19-15-29(10-9-23(30)31)11-12-32-24(19)21/h4-8,13,16H,3,9-12,15,27H2,1-2H3,(H,30,31)/b28-25-. The maximum atomic E-state index is 10.9. The van der Waals surface area contributed by atoms with E-state index >= 15 is 0 Å². The highest BCUT2D eigenvalue weighted by Crippen LogP contribution is 2.33. The van der Waals surface area contributed by atoms with Gasteiger partial charge < -0.3 is 19.4 Å². The quantitative estimate of drug-likeness (QED) is 0.346. The first-order chi connectivity index (χ1) is 16.3. The van der Waals surface area contributed by atoms with E-state index in [2.05, 4.69) is 17.6 Å². The normalized spacial score (nSPS) is 13.9. The van der Waals surface area contributed by atoms with Gasteiger partial charge in [-0.1, -0.05) is 18.7 Å². The summed E-state index contributed by atoms with van der Waals surface area (Å²) >= 11 is 0. The van der Waals surface area contributed by atoms with Crippen molar-refractivity contribution >= 4 is 17.6 Å². The van der Waals surface area contributed by atoms with Crippen molar-refractivity contribution in [2.75, 3.05) is 19.7 Å². The van der Waals surface area contributed by atoms with Gasteiger partial charge in [-0.3, -0.25) is 9.69 Å². The van der Waals surface area contributed by atoms with Crippen LogP contribution in [0.2, 0.25) is 0 Å². The predicted octanol–water partition coefficient (Wildman–Crippen LogP) is 3.32. The molecule has 0 aliphatic carbocycles. The molecule has 34 heavy (non-hydrogen) atoms. The van der Waals surface area contributed by atoms with Gasteiger partial charge in [-0.25, -0.2) is 4.99 Å². The van der Waals surface area contributed by atoms with Gasteiger partial charge in [0.05, 0.1) is 23.8 Å². The average molecular weight is 465 g/mol. The zero-order valence-electron chi connectivity index (χ0n) is 19.3. The third-order valence-electron chi connectivity index (χ3n) is 5.16. The molecule has 2 aromatic carbocycles. The van der Waals surface area contributed by atoms with Crippen LogP contribution in [-0.2, 0) is 16.2 Å². The molecule has 9 nitrogen and oxygen atoms in total. The second kappa shape index (κ2) is 11.3. The van der Waals surface area contributed by atoms with E-state index in [1.165, 1.54) is 0 Å². The van der Waals surface area contributed by atoms with Crippen LogP contribution >= 0.6 is 0 Å². The number of carboxylic acids is 1. The van der Waals surface area contributed by atoms with Crippen LogP contribution in [0, 0.1) is 11.3 Å². The van der Waals surface area contributed by atoms with Crippen molar-refractivity contribution in [2.45, 2.75) is 32.9 Å². The van der Waals surface area contributed by atoms with E-state index in [1.54, 1.807) is 18.2 Å². The van der Waals surface area contributed by atoms with Crippen LogP contribution in [0.3, 0.4) is 0 Å². The number of rotatable bonds is 8. The number of carboxylic acid groups (broad SMARTS) is 1. The molecular formula is C25H28N4O5. The smallest absolute Gasteiger partial charge is 0.304 e. The molecule has 9 heteroatoms. The van der Waals surface area contributed by atoms with Crippen molar-refractivity contribution in [3.8, 4) is 17.6 Å². The number of hydrogen-bond acceptors (Lipinski definition) is 8. The molecule has 0 aromatic heterocycles. The lowest BCUT2D eigenvalue weighted by Crippen LogP contribution is -2.28. The highest BCUT2D eigenvalue weighted by molar-refractivity contribution is 5.98. The number of benzene rings is 2. The summed E-state index contributed by atoms with van der Waals surface area (Å²) in [5.74, 6) is 5.87. The summed E-state index contributed by atoms with van der Waals surface area (Å²) in [5.41, 5.74) is 2.79. The molecule has 1 aliphatic heterocycles. The van der Waals surface area contributed by atoms with Crippen LogP contribution in [0.15, 0.2) is 48.0 Å². The summed E-state index contributed by atoms with van der Waals surface area (Å²) in [6, 6.07) is 12.7. The fraction of sp³-hybridized carbons (Fsp3) is 0.320. The van der Waals surface area contributed by atoms with Crippen molar-refractivity contribution in [1.82, 2.24) is 4.90 Å². The van der Waals surface area contributed by atoms with Crippen LogP contribution < -0.4 is 15.4 Å². The van der Waals surface area contributed by atoms with Crippen LogP contribution in [0.25, 0.3) is 5.70 Å². The third kappa shape index (κ3) is 6.13. The number of aliphatic imine (C=N–C) groups is 1. The highest BCUT2D eigenvalue weighted by atomic mass is 16.6. The molecular weight excluding hydrogens is 436 g/mol. The molecule has 0 spiro atoms. The first-order valence-corrected chi connectivity index (χ1v) is 10.9. The molecule has 0 saturated carbocycles.